The monoisotopic (exact) mass is 158 g/mol. The molecule has 1 saturated carbocycles. The minimum atomic E-state index is -0.572. The maximum Gasteiger partial charge on any atom is 0.0855 e. The summed E-state index contributed by atoms with van der Waals surface area (Å²) in [7, 11) is 0. The SMILES string of the molecule is CC1(C)CC(C)(C)C(O)C1O. The van der Waals surface area contributed by atoms with E-state index in [0.29, 0.717) is 0 Å². The summed E-state index contributed by atoms with van der Waals surface area (Å²) in [5, 5.41) is 19.2. The molecule has 0 aromatic carbocycles. The fourth-order valence-electron chi connectivity index (χ4n) is 2.24. The van der Waals surface area contributed by atoms with E-state index in [1.165, 1.54) is 0 Å². The highest BCUT2D eigenvalue weighted by Gasteiger charge is 2.51. The minimum absolute atomic E-state index is 0.136. The highest BCUT2D eigenvalue weighted by atomic mass is 16.3. The van der Waals surface area contributed by atoms with Crippen molar-refractivity contribution in [3.8, 4) is 0 Å². The Morgan fingerprint density at radius 3 is 1.27 bits per heavy atom. The lowest BCUT2D eigenvalue weighted by Crippen LogP contribution is -2.34. The van der Waals surface area contributed by atoms with Gasteiger partial charge in [-0.15, -0.1) is 0 Å². The summed E-state index contributed by atoms with van der Waals surface area (Å²) in [5.74, 6) is 0. The van der Waals surface area contributed by atoms with Gasteiger partial charge in [-0.05, 0) is 17.3 Å². The molecule has 1 aliphatic carbocycles. The summed E-state index contributed by atoms with van der Waals surface area (Å²) in [6, 6.07) is 0. The van der Waals surface area contributed by atoms with Gasteiger partial charge in [-0.25, -0.2) is 0 Å². The van der Waals surface area contributed by atoms with Crippen LogP contribution in [0.5, 0.6) is 0 Å². The summed E-state index contributed by atoms with van der Waals surface area (Å²) in [6.45, 7) is 7.98. The third-order valence-electron chi connectivity index (χ3n) is 2.81. The van der Waals surface area contributed by atoms with Crippen molar-refractivity contribution in [3.63, 3.8) is 0 Å². The Hall–Kier alpha value is -0.0800. The Labute approximate surface area is 68.2 Å². The maximum atomic E-state index is 9.61. The summed E-state index contributed by atoms with van der Waals surface area (Å²) < 4.78 is 0. The molecule has 2 nitrogen and oxygen atoms in total. The molecule has 0 bridgehead atoms. The fraction of sp³-hybridized carbons (Fsp3) is 1.00. The van der Waals surface area contributed by atoms with Gasteiger partial charge in [-0.3, -0.25) is 0 Å². The van der Waals surface area contributed by atoms with Gasteiger partial charge in [-0.2, -0.15) is 0 Å². The number of hydrogen-bond acceptors (Lipinski definition) is 2. The Balaban J connectivity index is 2.86. The van der Waals surface area contributed by atoms with Crippen LogP contribution >= 0.6 is 0 Å². The Morgan fingerprint density at radius 2 is 1.18 bits per heavy atom. The van der Waals surface area contributed by atoms with Gasteiger partial charge in [0.1, 0.15) is 0 Å². The molecule has 66 valence electrons. The molecule has 1 aliphatic rings. The highest BCUT2D eigenvalue weighted by Crippen LogP contribution is 2.48. The van der Waals surface area contributed by atoms with Crippen molar-refractivity contribution in [2.24, 2.45) is 10.8 Å². The zero-order valence-corrected chi connectivity index (χ0v) is 7.76. The van der Waals surface area contributed by atoms with Crippen LogP contribution in [0.1, 0.15) is 34.1 Å². The molecule has 1 rings (SSSR count). The van der Waals surface area contributed by atoms with Crippen LogP contribution in [0.15, 0.2) is 0 Å². The Bertz CT molecular complexity index is 143. The van der Waals surface area contributed by atoms with Gasteiger partial charge in [0.15, 0.2) is 0 Å². The Morgan fingerprint density at radius 1 is 0.909 bits per heavy atom. The van der Waals surface area contributed by atoms with Gasteiger partial charge >= 0.3 is 0 Å². The first-order valence-electron chi connectivity index (χ1n) is 4.13. The predicted molar refractivity (Wildman–Crippen MR) is 44.2 cm³/mol. The third kappa shape index (κ3) is 1.30. The number of hydrogen-bond donors (Lipinski definition) is 2. The first-order valence-corrected chi connectivity index (χ1v) is 4.13. The van der Waals surface area contributed by atoms with Crippen molar-refractivity contribution in [2.45, 2.75) is 46.3 Å². The van der Waals surface area contributed by atoms with Crippen molar-refractivity contribution >= 4 is 0 Å². The van der Waals surface area contributed by atoms with Crippen LogP contribution in [0.2, 0.25) is 0 Å². The maximum absolute atomic E-state index is 9.61. The van der Waals surface area contributed by atoms with Gasteiger partial charge in [-0.1, -0.05) is 27.7 Å². The normalized spacial score (nSPS) is 40.9. The van der Waals surface area contributed by atoms with E-state index >= 15 is 0 Å². The van der Waals surface area contributed by atoms with E-state index < -0.39 is 12.2 Å². The van der Waals surface area contributed by atoms with Crippen LogP contribution in [-0.4, -0.2) is 22.4 Å². The van der Waals surface area contributed by atoms with E-state index in [1.807, 2.05) is 27.7 Å². The number of aliphatic hydroxyl groups is 2. The summed E-state index contributed by atoms with van der Waals surface area (Å²) in [6.07, 6.45) is -0.266. The minimum Gasteiger partial charge on any atom is -0.390 e. The number of aliphatic hydroxyl groups excluding tert-OH is 2. The highest BCUT2D eigenvalue weighted by molar-refractivity contribution is 5.01. The lowest BCUT2D eigenvalue weighted by molar-refractivity contribution is -0.0320. The molecule has 0 spiro atoms. The topological polar surface area (TPSA) is 40.5 Å². The lowest BCUT2D eigenvalue weighted by Gasteiger charge is -2.23. The second-order valence-corrected chi connectivity index (χ2v) is 5.04. The van der Waals surface area contributed by atoms with Crippen LogP contribution < -0.4 is 0 Å². The van der Waals surface area contributed by atoms with Gasteiger partial charge in [0, 0.05) is 0 Å². The molecule has 2 heteroatoms. The first-order chi connectivity index (χ1) is 4.77. The van der Waals surface area contributed by atoms with Crippen molar-refractivity contribution in [1.29, 1.82) is 0 Å². The van der Waals surface area contributed by atoms with Crippen LogP contribution in [0.25, 0.3) is 0 Å². The van der Waals surface area contributed by atoms with Crippen LogP contribution in [0, 0.1) is 10.8 Å². The quantitative estimate of drug-likeness (QED) is 0.555. The number of rotatable bonds is 0. The largest absolute Gasteiger partial charge is 0.390 e. The third-order valence-corrected chi connectivity index (χ3v) is 2.81. The lowest BCUT2D eigenvalue weighted by atomic mass is 9.84. The van der Waals surface area contributed by atoms with Gasteiger partial charge < -0.3 is 10.2 Å². The summed E-state index contributed by atoms with van der Waals surface area (Å²) >= 11 is 0. The average Bonchev–Trinajstić information content (AvgIpc) is 1.91. The van der Waals surface area contributed by atoms with Gasteiger partial charge in [0.05, 0.1) is 12.2 Å². The van der Waals surface area contributed by atoms with Crippen LogP contribution in [-0.2, 0) is 0 Å². The molecule has 11 heavy (non-hydrogen) atoms. The molecule has 2 N–H and O–H groups in total. The van der Waals surface area contributed by atoms with E-state index in [-0.39, 0.29) is 10.8 Å². The van der Waals surface area contributed by atoms with Crippen molar-refractivity contribution in [3.05, 3.63) is 0 Å². The second kappa shape index (κ2) is 2.20. The predicted octanol–water partition coefficient (Wildman–Crippen LogP) is 1.16. The van der Waals surface area contributed by atoms with E-state index in [0.717, 1.165) is 6.42 Å². The zero-order chi connectivity index (χ0) is 8.86. The first kappa shape index (κ1) is 9.01. The molecule has 0 aromatic heterocycles. The van der Waals surface area contributed by atoms with Crippen molar-refractivity contribution in [1.82, 2.24) is 0 Å². The molecule has 0 amide bonds. The van der Waals surface area contributed by atoms with Gasteiger partial charge in [0.2, 0.25) is 0 Å². The van der Waals surface area contributed by atoms with Crippen molar-refractivity contribution in [2.75, 3.05) is 0 Å². The van der Waals surface area contributed by atoms with Crippen molar-refractivity contribution < 1.29 is 10.2 Å². The summed E-state index contributed by atoms with van der Waals surface area (Å²) in [4.78, 5) is 0. The molecule has 0 saturated heterocycles. The molecule has 0 aromatic rings. The summed E-state index contributed by atoms with van der Waals surface area (Å²) in [5.41, 5.74) is -0.272. The molecule has 1 fully saturated rings. The second-order valence-electron chi connectivity index (χ2n) is 5.04. The smallest absolute Gasteiger partial charge is 0.0855 e. The molecule has 2 unspecified atom stereocenters. The average molecular weight is 158 g/mol. The van der Waals surface area contributed by atoms with Gasteiger partial charge in [0.25, 0.3) is 0 Å². The van der Waals surface area contributed by atoms with E-state index in [4.69, 9.17) is 0 Å². The van der Waals surface area contributed by atoms with E-state index in [1.54, 1.807) is 0 Å². The molecule has 0 heterocycles. The molecular weight excluding hydrogens is 140 g/mol. The van der Waals surface area contributed by atoms with Crippen LogP contribution in [0.3, 0.4) is 0 Å². The van der Waals surface area contributed by atoms with E-state index in [9.17, 15) is 10.2 Å². The zero-order valence-electron chi connectivity index (χ0n) is 7.76. The molecular formula is C9H18O2. The molecule has 0 aliphatic heterocycles. The standard InChI is InChI=1S/C9H18O2/c1-8(2)5-9(3,4)7(11)6(8)10/h6-7,10-11H,5H2,1-4H3. The fourth-order valence-corrected chi connectivity index (χ4v) is 2.24. The van der Waals surface area contributed by atoms with E-state index in [2.05, 4.69) is 0 Å². The molecule has 2 atom stereocenters. The Kier molecular flexibility index (Phi) is 1.81. The molecule has 0 radical (unpaired) electrons. The van der Waals surface area contributed by atoms with Crippen LogP contribution in [0.4, 0.5) is 0 Å².